The van der Waals surface area contributed by atoms with Crippen LogP contribution in [0.15, 0.2) is 24.3 Å². The first-order valence-electron chi connectivity index (χ1n) is 8.71. The average Bonchev–Trinajstić information content (AvgIpc) is 3.33. The standard InChI is InChI=1S/C19H30N2/c1-3-19(2,14-20-18-8-9-18)15-21-12-10-16-6-4-5-7-17(16)11-13-21/h4-7,18,20H,3,8-15H2,1-2H3. The summed E-state index contributed by atoms with van der Waals surface area (Å²) in [7, 11) is 0. The minimum atomic E-state index is 0.416. The molecule has 116 valence electrons. The molecule has 1 aromatic carbocycles. The molecule has 2 heteroatoms. The molecule has 0 radical (unpaired) electrons. The minimum Gasteiger partial charge on any atom is -0.313 e. The van der Waals surface area contributed by atoms with E-state index in [4.69, 9.17) is 0 Å². The van der Waals surface area contributed by atoms with Crippen molar-refractivity contribution in [2.45, 2.75) is 52.0 Å². The van der Waals surface area contributed by atoms with Crippen molar-refractivity contribution in [3.05, 3.63) is 35.4 Å². The molecular formula is C19H30N2. The smallest absolute Gasteiger partial charge is 0.00684 e. The summed E-state index contributed by atoms with van der Waals surface area (Å²) in [5.74, 6) is 0. The van der Waals surface area contributed by atoms with Gasteiger partial charge in [0.25, 0.3) is 0 Å². The molecule has 1 aliphatic carbocycles. The number of hydrogen-bond acceptors (Lipinski definition) is 2. The number of nitrogens with zero attached hydrogens (tertiary/aromatic N) is 1. The molecule has 0 amide bonds. The number of fused-ring (bicyclic) bond motifs is 1. The Labute approximate surface area is 129 Å². The molecular weight excluding hydrogens is 256 g/mol. The van der Waals surface area contributed by atoms with E-state index in [1.165, 1.54) is 58.3 Å². The normalized spacial score (nSPS) is 22.4. The van der Waals surface area contributed by atoms with Gasteiger partial charge in [-0.15, -0.1) is 0 Å². The van der Waals surface area contributed by atoms with Crippen molar-refractivity contribution >= 4 is 0 Å². The van der Waals surface area contributed by atoms with Crippen LogP contribution in [0.25, 0.3) is 0 Å². The van der Waals surface area contributed by atoms with Gasteiger partial charge in [-0.1, -0.05) is 38.1 Å². The fraction of sp³-hybridized carbons (Fsp3) is 0.684. The summed E-state index contributed by atoms with van der Waals surface area (Å²) < 4.78 is 0. The molecule has 1 atom stereocenters. The maximum Gasteiger partial charge on any atom is 0.00684 e. The Balaban J connectivity index is 1.56. The third-order valence-electron chi connectivity index (χ3n) is 5.37. The maximum atomic E-state index is 3.74. The van der Waals surface area contributed by atoms with Crippen molar-refractivity contribution in [2.75, 3.05) is 26.2 Å². The van der Waals surface area contributed by atoms with Gasteiger partial charge in [-0.25, -0.2) is 0 Å². The molecule has 1 saturated carbocycles. The first-order chi connectivity index (χ1) is 10.2. The highest BCUT2D eigenvalue weighted by atomic mass is 15.1. The molecule has 2 nitrogen and oxygen atoms in total. The van der Waals surface area contributed by atoms with Gasteiger partial charge in [0.05, 0.1) is 0 Å². The lowest BCUT2D eigenvalue weighted by atomic mass is 9.86. The first-order valence-corrected chi connectivity index (χ1v) is 8.71. The van der Waals surface area contributed by atoms with Gasteiger partial charge in [0.1, 0.15) is 0 Å². The highest BCUT2D eigenvalue weighted by Gasteiger charge is 2.29. The monoisotopic (exact) mass is 286 g/mol. The van der Waals surface area contributed by atoms with Crippen LogP contribution < -0.4 is 5.32 Å². The number of benzene rings is 1. The number of hydrogen-bond donors (Lipinski definition) is 1. The molecule has 1 N–H and O–H groups in total. The van der Waals surface area contributed by atoms with E-state index in [-0.39, 0.29) is 0 Å². The predicted octanol–water partition coefficient (Wildman–Crippen LogP) is 3.26. The Morgan fingerprint density at radius 1 is 1.14 bits per heavy atom. The highest BCUT2D eigenvalue weighted by Crippen LogP contribution is 2.26. The van der Waals surface area contributed by atoms with Crippen LogP contribution >= 0.6 is 0 Å². The van der Waals surface area contributed by atoms with Gasteiger partial charge in [0, 0.05) is 32.2 Å². The van der Waals surface area contributed by atoms with Gasteiger partial charge < -0.3 is 10.2 Å². The Morgan fingerprint density at radius 2 is 1.76 bits per heavy atom. The van der Waals surface area contributed by atoms with E-state index in [0.717, 1.165) is 6.04 Å². The van der Waals surface area contributed by atoms with Gasteiger partial charge in [-0.3, -0.25) is 0 Å². The van der Waals surface area contributed by atoms with E-state index in [1.54, 1.807) is 11.1 Å². The Morgan fingerprint density at radius 3 is 2.29 bits per heavy atom. The maximum absolute atomic E-state index is 3.74. The topological polar surface area (TPSA) is 15.3 Å². The molecule has 0 bridgehead atoms. The van der Waals surface area contributed by atoms with Crippen molar-refractivity contribution in [1.82, 2.24) is 10.2 Å². The second-order valence-corrected chi connectivity index (χ2v) is 7.36. The first kappa shape index (κ1) is 15.1. The Kier molecular flexibility index (Phi) is 4.66. The average molecular weight is 286 g/mol. The van der Waals surface area contributed by atoms with Crippen molar-refractivity contribution in [3.63, 3.8) is 0 Å². The van der Waals surface area contributed by atoms with E-state index in [9.17, 15) is 0 Å². The quantitative estimate of drug-likeness (QED) is 0.863. The highest BCUT2D eigenvalue weighted by molar-refractivity contribution is 5.28. The second-order valence-electron chi connectivity index (χ2n) is 7.36. The predicted molar refractivity (Wildman–Crippen MR) is 89.7 cm³/mol. The minimum absolute atomic E-state index is 0.416. The number of rotatable bonds is 6. The largest absolute Gasteiger partial charge is 0.313 e. The van der Waals surface area contributed by atoms with E-state index in [1.807, 2.05) is 0 Å². The van der Waals surface area contributed by atoms with E-state index in [2.05, 4.69) is 48.3 Å². The van der Waals surface area contributed by atoms with Crippen molar-refractivity contribution in [3.8, 4) is 0 Å². The van der Waals surface area contributed by atoms with Gasteiger partial charge in [0.15, 0.2) is 0 Å². The zero-order chi connectivity index (χ0) is 14.7. The fourth-order valence-corrected chi connectivity index (χ4v) is 3.38. The van der Waals surface area contributed by atoms with Crippen LogP contribution in [0.3, 0.4) is 0 Å². The summed E-state index contributed by atoms with van der Waals surface area (Å²) in [6.07, 6.45) is 6.46. The zero-order valence-electron chi connectivity index (χ0n) is 13.7. The fourth-order valence-electron chi connectivity index (χ4n) is 3.38. The molecule has 1 aromatic rings. The number of nitrogens with one attached hydrogen (secondary N) is 1. The van der Waals surface area contributed by atoms with Gasteiger partial charge >= 0.3 is 0 Å². The third-order valence-corrected chi connectivity index (χ3v) is 5.37. The Hall–Kier alpha value is -0.860. The lowest BCUT2D eigenvalue weighted by molar-refractivity contribution is 0.159. The van der Waals surface area contributed by atoms with Crippen LogP contribution in [0.2, 0.25) is 0 Å². The SMILES string of the molecule is CCC(C)(CNC1CC1)CN1CCc2ccccc2CC1. The van der Waals surface area contributed by atoms with Crippen LogP contribution in [0.1, 0.15) is 44.2 Å². The molecule has 21 heavy (non-hydrogen) atoms. The van der Waals surface area contributed by atoms with Crippen molar-refractivity contribution in [1.29, 1.82) is 0 Å². The van der Waals surface area contributed by atoms with Crippen LogP contribution in [0.5, 0.6) is 0 Å². The lowest BCUT2D eigenvalue weighted by Gasteiger charge is -2.35. The van der Waals surface area contributed by atoms with Crippen LogP contribution in [-0.2, 0) is 12.8 Å². The molecule has 1 aliphatic heterocycles. The summed E-state index contributed by atoms with van der Waals surface area (Å²) >= 11 is 0. The summed E-state index contributed by atoms with van der Waals surface area (Å²) in [4.78, 5) is 2.69. The van der Waals surface area contributed by atoms with Gasteiger partial charge in [-0.05, 0) is 48.6 Å². The molecule has 1 unspecified atom stereocenters. The van der Waals surface area contributed by atoms with Gasteiger partial charge in [-0.2, -0.15) is 0 Å². The molecule has 0 aromatic heterocycles. The third kappa shape index (κ3) is 4.08. The van der Waals surface area contributed by atoms with Crippen LogP contribution in [0, 0.1) is 5.41 Å². The molecule has 2 aliphatic rings. The second kappa shape index (κ2) is 6.50. The van der Waals surface area contributed by atoms with E-state index >= 15 is 0 Å². The van der Waals surface area contributed by atoms with Crippen LogP contribution in [-0.4, -0.2) is 37.1 Å². The van der Waals surface area contributed by atoms with E-state index < -0.39 is 0 Å². The zero-order valence-corrected chi connectivity index (χ0v) is 13.7. The summed E-state index contributed by atoms with van der Waals surface area (Å²) in [6, 6.07) is 9.82. The summed E-state index contributed by atoms with van der Waals surface area (Å²) in [6.45, 7) is 9.66. The molecule has 3 rings (SSSR count). The van der Waals surface area contributed by atoms with Gasteiger partial charge in [0.2, 0.25) is 0 Å². The molecule has 0 saturated heterocycles. The van der Waals surface area contributed by atoms with Crippen molar-refractivity contribution in [2.24, 2.45) is 5.41 Å². The summed E-state index contributed by atoms with van der Waals surface area (Å²) in [5, 5.41) is 3.74. The lowest BCUT2D eigenvalue weighted by Crippen LogP contribution is -2.43. The molecule has 0 spiro atoms. The Bertz CT molecular complexity index is 439. The molecule has 1 fully saturated rings. The van der Waals surface area contributed by atoms with Crippen LogP contribution in [0.4, 0.5) is 0 Å². The molecule has 1 heterocycles. The van der Waals surface area contributed by atoms with E-state index in [0.29, 0.717) is 5.41 Å². The summed E-state index contributed by atoms with van der Waals surface area (Å²) in [5.41, 5.74) is 3.54. The van der Waals surface area contributed by atoms with Crippen molar-refractivity contribution < 1.29 is 0 Å².